The number of hydrogen-bond acceptors (Lipinski definition) is 4. The first-order valence-corrected chi connectivity index (χ1v) is 7.14. The topological polar surface area (TPSA) is 66.6 Å². The summed E-state index contributed by atoms with van der Waals surface area (Å²) in [5.41, 5.74) is 0.645. The molecule has 5 heteroatoms. The van der Waals surface area contributed by atoms with Gasteiger partial charge in [-0.15, -0.1) is 0 Å². The van der Waals surface area contributed by atoms with Crippen molar-refractivity contribution in [2.45, 2.75) is 38.8 Å². The third kappa shape index (κ3) is 3.55. The molecule has 3 unspecified atom stereocenters. The van der Waals surface area contributed by atoms with Gasteiger partial charge in [-0.3, -0.25) is 15.0 Å². The molecule has 1 N–H and O–H groups in total. The molecule has 2 rings (SSSR count). The van der Waals surface area contributed by atoms with E-state index in [9.17, 15) is 15.2 Å². The van der Waals surface area contributed by atoms with Gasteiger partial charge in [0.2, 0.25) is 0 Å². The lowest BCUT2D eigenvalue weighted by atomic mass is 9.93. The van der Waals surface area contributed by atoms with Crippen molar-refractivity contribution in [3.8, 4) is 0 Å². The number of non-ortho nitro benzene ring substituents is 1. The zero-order valence-electron chi connectivity index (χ0n) is 12.0. The highest BCUT2D eigenvalue weighted by Gasteiger charge is 2.25. The van der Waals surface area contributed by atoms with Crippen LogP contribution in [0.2, 0.25) is 0 Å². The molecule has 0 aliphatic carbocycles. The van der Waals surface area contributed by atoms with Crippen LogP contribution >= 0.6 is 0 Å². The Morgan fingerprint density at radius 3 is 2.90 bits per heavy atom. The van der Waals surface area contributed by atoms with Crippen molar-refractivity contribution < 1.29 is 10.0 Å². The summed E-state index contributed by atoms with van der Waals surface area (Å²) in [5.74, 6) is 0.733. The molecule has 0 bridgehead atoms. The number of aliphatic hydroxyl groups excluding tert-OH is 1. The molecule has 20 heavy (non-hydrogen) atoms. The van der Waals surface area contributed by atoms with Crippen LogP contribution in [-0.2, 0) is 0 Å². The molecule has 1 aliphatic heterocycles. The number of hydrogen-bond donors (Lipinski definition) is 1. The van der Waals surface area contributed by atoms with Crippen LogP contribution in [0.5, 0.6) is 0 Å². The molecule has 1 saturated heterocycles. The summed E-state index contributed by atoms with van der Waals surface area (Å²) in [4.78, 5) is 12.6. The second-order valence-corrected chi connectivity index (χ2v) is 5.84. The Morgan fingerprint density at radius 2 is 2.25 bits per heavy atom. The molecule has 1 aromatic carbocycles. The Morgan fingerprint density at radius 1 is 1.50 bits per heavy atom. The number of aliphatic hydroxyl groups is 1. The first-order valence-electron chi connectivity index (χ1n) is 7.14. The summed E-state index contributed by atoms with van der Waals surface area (Å²) in [6, 6.07) is 6.73. The van der Waals surface area contributed by atoms with Gasteiger partial charge in [-0.05, 0) is 37.8 Å². The summed E-state index contributed by atoms with van der Waals surface area (Å²) < 4.78 is 0. The van der Waals surface area contributed by atoms with Crippen molar-refractivity contribution >= 4 is 5.69 Å². The number of nitrogens with zero attached hydrogens (tertiary/aromatic N) is 2. The largest absolute Gasteiger partial charge is 0.387 e. The lowest BCUT2D eigenvalue weighted by Crippen LogP contribution is -2.42. The van der Waals surface area contributed by atoms with E-state index < -0.39 is 11.0 Å². The molecular weight excluding hydrogens is 256 g/mol. The quantitative estimate of drug-likeness (QED) is 0.679. The molecule has 5 nitrogen and oxygen atoms in total. The van der Waals surface area contributed by atoms with Gasteiger partial charge in [0.25, 0.3) is 5.69 Å². The van der Waals surface area contributed by atoms with Gasteiger partial charge in [0, 0.05) is 24.7 Å². The number of benzene rings is 1. The maximum atomic E-state index is 10.8. The first-order chi connectivity index (χ1) is 9.47. The lowest BCUT2D eigenvalue weighted by Gasteiger charge is -2.37. The van der Waals surface area contributed by atoms with Crippen LogP contribution < -0.4 is 0 Å². The second kappa shape index (κ2) is 6.33. The van der Waals surface area contributed by atoms with E-state index in [1.54, 1.807) is 12.1 Å². The van der Waals surface area contributed by atoms with Gasteiger partial charge in [-0.2, -0.15) is 0 Å². The Bertz CT molecular complexity index is 478. The molecule has 1 aliphatic rings. The fourth-order valence-electron chi connectivity index (χ4n) is 2.90. The van der Waals surface area contributed by atoms with Crippen LogP contribution in [0.4, 0.5) is 5.69 Å². The molecule has 0 spiro atoms. The van der Waals surface area contributed by atoms with Crippen molar-refractivity contribution in [3.05, 3.63) is 39.9 Å². The van der Waals surface area contributed by atoms with Gasteiger partial charge < -0.3 is 5.11 Å². The fourth-order valence-corrected chi connectivity index (χ4v) is 2.90. The fraction of sp³-hybridized carbons (Fsp3) is 0.600. The van der Waals surface area contributed by atoms with E-state index in [1.165, 1.54) is 12.1 Å². The molecule has 0 amide bonds. The molecule has 3 atom stereocenters. The van der Waals surface area contributed by atoms with E-state index in [1.807, 2.05) is 0 Å². The maximum absolute atomic E-state index is 10.8. The SMILES string of the molecule is CC1CCN(CC(O)c2cccc([N+](=O)[O-])c2)C(C)C1. The van der Waals surface area contributed by atoms with Crippen molar-refractivity contribution in [2.75, 3.05) is 13.1 Å². The summed E-state index contributed by atoms with van der Waals surface area (Å²) >= 11 is 0. The number of nitro benzene ring substituents is 1. The molecule has 1 aromatic rings. The number of likely N-dealkylation sites (tertiary alicyclic amines) is 1. The van der Waals surface area contributed by atoms with Gasteiger partial charge in [0.05, 0.1) is 11.0 Å². The van der Waals surface area contributed by atoms with E-state index >= 15 is 0 Å². The minimum Gasteiger partial charge on any atom is -0.387 e. The molecular formula is C15H22N2O3. The van der Waals surface area contributed by atoms with E-state index in [2.05, 4.69) is 18.7 Å². The van der Waals surface area contributed by atoms with Crippen LogP contribution in [0.25, 0.3) is 0 Å². The van der Waals surface area contributed by atoms with Crippen LogP contribution in [0.1, 0.15) is 38.4 Å². The Balaban J connectivity index is 2.02. The van der Waals surface area contributed by atoms with Crippen LogP contribution in [-0.4, -0.2) is 34.1 Å². The van der Waals surface area contributed by atoms with Gasteiger partial charge >= 0.3 is 0 Å². The zero-order chi connectivity index (χ0) is 14.7. The predicted octanol–water partition coefficient (Wildman–Crippen LogP) is 2.75. The van der Waals surface area contributed by atoms with Crippen molar-refractivity contribution in [1.29, 1.82) is 0 Å². The maximum Gasteiger partial charge on any atom is 0.269 e. The zero-order valence-corrected chi connectivity index (χ0v) is 12.0. The lowest BCUT2D eigenvalue weighted by molar-refractivity contribution is -0.385. The number of β-amino-alcohol motifs (C(OH)–C–C–N with tert-alkyl or cyclic N) is 1. The van der Waals surface area contributed by atoms with Crippen molar-refractivity contribution in [1.82, 2.24) is 4.90 Å². The Hall–Kier alpha value is -1.46. The second-order valence-electron chi connectivity index (χ2n) is 5.84. The third-order valence-electron chi connectivity index (χ3n) is 4.15. The van der Waals surface area contributed by atoms with Crippen LogP contribution in [0.3, 0.4) is 0 Å². The molecule has 0 aromatic heterocycles. The highest BCUT2D eigenvalue weighted by Crippen LogP contribution is 2.26. The van der Waals surface area contributed by atoms with E-state index in [0.29, 0.717) is 18.2 Å². The highest BCUT2D eigenvalue weighted by atomic mass is 16.6. The Labute approximate surface area is 119 Å². The van der Waals surface area contributed by atoms with E-state index in [0.717, 1.165) is 25.3 Å². The predicted molar refractivity (Wildman–Crippen MR) is 77.5 cm³/mol. The molecule has 0 radical (unpaired) electrons. The standard InChI is InChI=1S/C15H22N2O3/c1-11-6-7-16(12(2)8-11)10-15(18)13-4-3-5-14(9-13)17(19)20/h3-5,9,11-12,15,18H,6-8,10H2,1-2H3. The normalized spacial score (nSPS) is 25.4. The summed E-state index contributed by atoms with van der Waals surface area (Å²) in [5, 5.41) is 21.1. The highest BCUT2D eigenvalue weighted by molar-refractivity contribution is 5.35. The van der Waals surface area contributed by atoms with E-state index in [-0.39, 0.29) is 5.69 Å². The average Bonchev–Trinajstić information content (AvgIpc) is 2.42. The molecule has 1 fully saturated rings. The van der Waals surface area contributed by atoms with E-state index in [4.69, 9.17) is 0 Å². The van der Waals surface area contributed by atoms with Gasteiger partial charge in [-0.1, -0.05) is 19.1 Å². The Kier molecular flexibility index (Phi) is 4.73. The monoisotopic (exact) mass is 278 g/mol. The average molecular weight is 278 g/mol. The summed E-state index contributed by atoms with van der Waals surface area (Å²) in [6.07, 6.45) is 1.61. The molecule has 1 heterocycles. The van der Waals surface area contributed by atoms with Gasteiger partial charge in [-0.25, -0.2) is 0 Å². The van der Waals surface area contributed by atoms with Gasteiger partial charge in [0.15, 0.2) is 0 Å². The third-order valence-corrected chi connectivity index (χ3v) is 4.15. The first kappa shape index (κ1) is 14.9. The number of rotatable bonds is 4. The summed E-state index contributed by atoms with van der Waals surface area (Å²) in [7, 11) is 0. The smallest absolute Gasteiger partial charge is 0.269 e. The minimum atomic E-state index is -0.675. The van der Waals surface area contributed by atoms with Gasteiger partial charge in [0.1, 0.15) is 0 Å². The number of piperidine rings is 1. The minimum absolute atomic E-state index is 0.0295. The number of nitro groups is 1. The van der Waals surface area contributed by atoms with Crippen LogP contribution in [0, 0.1) is 16.0 Å². The summed E-state index contributed by atoms with van der Waals surface area (Å²) in [6.45, 7) is 5.95. The van der Waals surface area contributed by atoms with Crippen molar-refractivity contribution in [3.63, 3.8) is 0 Å². The molecule has 110 valence electrons. The molecule has 0 saturated carbocycles. The van der Waals surface area contributed by atoms with Crippen molar-refractivity contribution in [2.24, 2.45) is 5.92 Å². The van der Waals surface area contributed by atoms with Crippen LogP contribution in [0.15, 0.2) is 24.3 Å².